The third-order valence-corrected chi connectivity index (χ3v) is 11.6. The average molecular weight is 903 g/mol. The Balaban J connectivity index is 0.000000793. The van der Waals surface area contributed by atoms with Gasteiger partial charge in [0.25, 0.3) is 0 Å². The first-order valence-electron chi connectivity index (χ1n) is 18.7. The molecule has 4 aromatic rings. The summed E-state index contributed by atoms with van der Waals surface area (Å²) in [4.78, 5) is 39.5. The number of pyridine rings is 1. The highest BCUT2D eigenvalue weighted by molar-refractivity contribution is 7.10. The van der Waals surface area contributed by atoms with Crippen molar-refractivity contribution in [2.75, 3.05) is 31.6 Å². The molecule has 3 atom stereocenters. The predicted molar refractivity (Wildman–Crippen MR) is 208 cm³/mol. The second kappa shape index (κ2) is 19.6. The monoisotopic (exact) mass is 901 g/mol. The summed E-state index contributed by atoms with van der Waals surface area (Å²) in [6.45, 7) is -0.000917. The van der Waals surface area contributed by atoms with E-state index in [1.165, 1.54) is 29.5 Å². The molecular formula is C40H38Cl2F5N3O9S. The summed E-state index contributed by atoms with van der Waals surface area (Å²) in [7, 11) is 0. The van der Waals surface area contributed by atoms with Crippen LogP contribution in [-0.4, -0.2) is 73.0 Å². The molecule has 5 heterocycles. The smallest absolute Gasteiger partial charge is 0.490 e. The van der Waals surface area contributed by atoms with E-state index >= 15 is 0 Å². The number of nitrogens with zero attached hydrogens (tertiary/aromatic N) is 2. The van der Waals surface area contributed by atoms with E-state index < -0.39 is 42.8 Å². The number of carboxylic acids is 1. The van der Waals surface area contributed by atoms with Gasteiger partial charge in [0.2, 0.25) is 0 Å². The van der Waals surface area contributed by atoms with Crippen LogP contribution in [0.4, 0.5) is 27.6 Å². The van der Waals surface area contributed by atoms with Crippen molar-refractivity contribution >= 4 is 58.1 Å². The van der Waals surface area contributed by atoms with Gasteiger partial charge in [-0.3, -0.25) is 4.90 Å². The molecule has 2 aromatic carbocycles. The van der Waals surface area contributed by atoms with Crippen molar-refractivity contribution in [3.63, 3.8) is 0 Å². The number of esters is 2. The van der Waals surface area contributed by atoms with Gasteiger partial charge in [-0.05, 0) is 98.0 Å². The van der Waals surface area contributed by atoms with Crippen LogP contribution >= 0.6 is 34.5 Å². The molecule has 8 rings (SSSR count). The third-order valence-electron chi connectivity index (χ3n) is 10.0. The molecule has 1 saturated carbocycles. The second-order valence-electron chi connectivity index (χ2n) is 14.3. The zero-order chi connectivity index (χ0) is 43.1. The average Bonchev–Trinajstić information content (AvgIpc) is 3.87. The van der Waals surface area contributed by atoms with E-state index in [-0.39, 0.29) is 39.6 Å². The number of carbonyl (C=O) groups excluding carboxylic acids is 2. The summed E-state index contributed by atoms with van der Waals surface area (Å²) in [5, 5.41) is 24.3. The van der Waals surface area contributed by atoms with Gasteiger partial charge in [0.1, 0.15) is 22.3 Å². The molecule has 0 radical (unpaired) electrons. The minimum atomic E-state index is -5.08. The zero-order valence-electron chi connectivity index (χ0n) is 31.4. The fourth-order valence-electron chi connectivity index (χ4n) is 6.72. The molecule has 4 fully saturated rings. The number of hydrogen-bond donors (Lipinski definition) is 2. The van der Waals surface area contributed by atoms with Crippen LogP contribution in [0.2, 0.25) is 10.0 Å². The van der Waals surface area contributed by atoms with Gasteiger partial charge in [-0.25, -0.2) is 14.4 Å². The van der Waals surface area contributed by atoms with Crippen LogP contribution in [0, 0.1) is 17.0 Å². The van der Waals surface area contributed by atoms with Crippen molar-refractivity contribution < 1.29 is 65.1 Å². The molecule has 2 N–H and O–H groups in total. The van der Waals surface area contributed by atoms with Gasteiger partial charge in [0, 0.05) is 29.1 Å². The highest BCUT2D eigenvalue weighted by atomic mass is 35.5. The largest absolute Gasteiger partial charge is 0.619 e. The van der Waals surface area contributed by atoms with Crippen LogP contribution in [-0.2, 0) is 25.5 Å². The first-order chi connectivity index (χ1) is 28.5. The molecule has 0 amide bonds. The van der Waals surface area contributed by atoms with Crippen molar-refractivity contribution in [2.45, 2.75) is 63.1 Å². The number of alkyl halides is 5. The van der Waals surface area contributed by atoms with E-state index in [0.29, 0.717) is 40.0 Å². The molecule has 1 aliphatic carbocycles. The Labute approximate surface area is 354 Å². The fourth-order valence-corrected chi connectivity index (χ4v) is 8.09. The molecule has 20 heteroatoms. The minimum absolute atomic E-state index is 0.0485. The van der Waals surface area contributed by atoms with Gasteiger partial charge < -0.3 is 34.6 Å². The van der Waals surface area contributed by atoms with Gasteiger partial charge in [0.05, 0.1) is 12.2 Å². The first-order valence-corrected chi connectivity index (χ1v) is 20.3. The van der Waals surface area contributed by atoms with Gasteiger partial charge in [-0.15, -0.1) is 11.3 Å². The van der Waals surface area contributed by atoms with Crippen LogP contribution < -0.4 is 19.5 Å². The molecule has 3 aliphatic heterocycles. The number of benzene rings is 2. The molecule has 2 bridgehead atoms. The van der Waals surface area contributed by atoms with E-state index in [0.717, 1.165) is 62.6 Å². The Morgan fingerprint density at radius 3 is 2.27 bits per heavy atom. The Morgan fingerprint density at radius 1 is 0.983 bits per heavy atom. The molecule has 0 spiro atoms. The molecular weight excluding hydrogens is 864 g/mol. The quantitative estimate of drug-likeness (QED) is 0.0511. The summed E-state index contributed by atoms with van der Waals surface area (Å²) in [5.41, 5.74) is 1.38. The maximum Gasteiger partial charge on any atom is 0.490 e. The summed E-state index contributed by atoms with van der Waals surface area (Å²) >= 11 is 14.3. The lowest BCUT2D eigenvalue weighted by Gasteiger charge is -2.44. The number of aliphatic carboxylic acids is 1. The molecule has 322 valence electrons. The van der Waals surface area contributed by atoms with Crippen LogP contribution in [0.25, 0.3) is 0 Å². The molecule has 2 aromatic heterocycles. The standard InChI is InChI=1S/C38H37Cl2F2N3O7S.C2HF3O2/c39-28-18-45(48)19-29(40)27(28)17-31(24-8-9-30(52-38(41)42)32(16-24)49-21-22-6-7-22)50-36(46)25-3-1-4-26(15-25)43-35(34-5-2-14-53-34)37(47)51-33-20-44-12-10-23(33)11-13-44;3-2(4,5)1(6)7/h1-5,8-9,14-16,18-19,22-23,31,33,35,38,43H,6-7,10-13,17,20-21H2;(H,6,7)/t31-,33-,35?;/m0./s1. The van der Waals surface area contributed by atoms with Gasteiger partial charge in [0.15, 0.2) is 29.9 Å². The van der Waals surface area contributed by atoms with Crippen LogP contribution in [0.1, 0.15) is 64.2 Å². The Bertz CT molecular complexity index is 2110. The molecule has 1 unspecified atom stereocenters. The number of fused-ring (bicyclic) bond motifs is 3. The van der Waals surface area contributed by atoms with Gasteiger partial charge in [-0.2, -0.15) is 26.7 Å². The number of carbonyl (C=O) groups is 3. The zero-order valence-corrected chi connectivity index (χ0v) is 33.7. The Morgan fingerprint density at radius 2 is 1.68 bits per heavy atom. The van der Waals surface area contributed by atoms with E-state index in [1.807, 2.05) is 17.5 Å². The van der Waals surface area contributed by atoms with Crippen molar-refractivity contribution in [2.24, 2.45) is 11.8 Å². The number of piperidine rings is 3. The molecule has 3 saturated heterocycles. The highest BCUT2D eigenvalue weighted by Crippen LogP contribution is 2.39. The highest BCUT2D eigenvalue weighted by Gasteiger charge is 2.39. The number of thiophene rings is 1. The van der Waals surface area contributed by atoms with Crippen molar-refractivity contribution in [3.05, 3.63) is 109 Å². The van der Waals surface area contributed by atoms with Gasteiger partial charge in [-0.1, -0.05) is 41.4 Å². The number of anilines is 1. The first kappa shape index (κ1) is 44.6. The van der Waals surface area contributed by atoms with Crippen molar-refractivity contribution in [1.82, 2.24) is 4.90 Å². The molecule has 4 aliphatic rings. The lowest BCUT2D eigenvalue weighted by molar-refractivity contribution is -0.605. The lowest BCUT2D eigenvalue weighted by atomic mass is 9.86. The van der Waals surface area contributed by atoms with Crippen LogP contribution in [0.5, 0.6) is 11.5 Å². The summed E-state index contributed by atoms with van der Waals surface area (Å²) < 4.78 is 81.5. The van der Waals surface area contributed by atoms with E-state index in [2.05, 4.69) is 10.2 Å². The maximum absolute atomic E-state index is 13.9. The number of halogens is 7. The van der Waals surface area contributed by atoms with E-state index in [4.69, 9.17) is 52.1 Å². The Kier molecular flexibility index (Phi) is 14.6. The van der Waals surface area contributed by atoms with E-state index in [9.17, 15) is 36.7 Å². The number of nitrogens with one attached hydrogen (secondary N) is 1. The SMILES string of the molecule is O=C(O)C(F)(F)F.O=C(O[C@@H](Cc1c(Cl)c[n+]([O-])cc1Cl)c1ccc(OC(F)F)c(OCC2CC2)c1)c1cccc(NC(C(=O)O[C@H]2CN3CCC2CC3)c2cccs2)c1. The fraction of sp³-hybridized carbons (Fsp3) is 0.400. The number of aromatic nitrogens is 1. The summed E-state index contributed by atoms with van der Waals surface area (Å²) in [6.07, 6.45) is -0.168. The number of rotatable bonds is 15. The topological polar surface area (TPSA) is 151 Å². The normalized spacial score (nSPS) is 19.4. The number of hydrogen-bond acceptors (Lipinski definition) is 11. The van der Waals surface area contributed by atoms with Gasteiger partial charge >= 0.3 is 30.7 Å². The summed E-state index contributed by atoms with van der Waals surface area (Å²) in [6, 6.07) is 13.8. The van der Waals surface area contributed by atoms with E-state index in [1.54, 1.807) is 24.3 Å². The van der Waals surface area contributed by atoms with Crippen molar-refractivity contribution in [1.29, 1.82) is 0 Å². The van der Waals surface area contributed by atoms with Crippen molar-refractivity contribution in [3.8, 4) is 11.5 Å². The summed E-state index contributed by atoms with van der Waals surface area (Å²) in [5.74, 6) is -3.32. The van der Waals surface area contributed by atoms with Crippen LogP contribution in [0.3, 0.4) is 0 Å². The predicted octanol–water partition coefficient (Wildman–Crippen LogP) is 8.64. The third kappa shape index (κ3) is 12.1. The lowest BCUT2D eigenvalue weighted by Crippen LogP contribution is -2.52. The number of carboxylic acid groups (broad SMARTS) is 1. The number of ether oxygens (including phenoxy) is 4. The minimum Gasteiger partial charge on any atom is -0.619 e. The molecule has 60 heavy (non-hydrogen) atoms. The molecule has 12 nitrogen and oxygen atoms in total. The maximum atomic E-state index is 13.9. The second-order valence-corrected chi connectivity index (χ2v) is 16.1. The van der Waals surface area contributed by atoms with Crippen LogP contribution in [0.15, 0.2) is 72.4 Å². The Hall–Kier alpha value is -4.91.